The summed E-state index contributed by atoms with van der Waals surface area (Å²) in [5.74, 6) is 1.46. The van der Waals surface area contributed by atoms with E-state index >= 15 is 0 Å². The van der Waals surface area contributed by atoms with E-state index in [4.69, 9.17) is 4.42 Å². The van der Waals surface area contributed by atoms with Crippen molar-refractivity contribution in [1.29, 1.82) is 0 Å². The fourth-order valence-electron chi connectivity index (χ4n) is 4.47. The number of hydrogen-bond acceptors (Lipinski definition) is 4. The average Bonchev–Trinajstić information content (AvgIpc) is 3.57. The summed E-state index contributed by atoms with van der Waals surface area (Å²) in [7, 11) is 0. The summed E-state index contributed by atoms with van der Waals surface area (Å²) in [6.45, 7) is 6.18. The number of amides is 3. The molecule has 1 fully saturated rings. The largest absolute Gasteiger partial charge is 0.464 e. The Morgan fingerprint density at radius 3 is 2.25 bits per heavy atom. The topological polar surface area (TPSA) is 69.0 Å². The number of para-hydroxylation sites is 1. The molecule has 1 saturated heterocycles. The minimum Gasteiger partial charge on any atom is -0.464 e. The molecule has 0 bridgehead atoms. The van der Waals surface area contributed by atoms with Crippen LogP contribution in [-0.2, 0) is 17.8 Å². The minimum absolute atomic E-state index is 0.0149. The number of likely N-dealkylation sites (tertiary alicyclic amines) is 1. The van der Waals surface area contributed by atoms with Crippen molar-refractivity contribution in [3.8, 4) is 0 Å². The predicted octanol–water partition coefficient (Wildman–Crippen LogP) is 4.79. The summed E-state index contributed by atoms with van der Waals surface area (Å²) in [6.07, 6.45) is 3.10. The van der Waals surface area contributed by atoms with Gasteiger partial charge in [-0.2, -0.15) is 0 Å². The molecule has 36 heavy (non-hydrogen) atoms. The molecule has 0 spiro atoms. The Kier molecular flexibility index (Phi) is 9.16. The zero-order valence-corrected chi connectivity index (χ0v) is 21.1. The van der Waals surface area contributed by atoms with Crippen LogP contribution in [0.2, 0.25) is 0 Å². The number of anilines is 1. The van der Waals surface area contributed by atoms with Gasteiger partial charge in [-0.25, -0.2) is 4.79 Å². The molecule has 0 aliphatic carbocycles. The lowest BCUT2D eigenvalue weighted by Gasteiger charge is -2.29. The molecule has 1 aromatic heterocycles. The van der Waals surface area contributed by atoms with Crippen LogP contribution in [0.5, 0.6) is 0 Å². The Hall–Kier alpha value is -3.58. The molecule has 1 N–H and O–H groups in total. The fourth-order valence-corrected chi connectivity index (χ4v) is 4.47. The van der Waals surface area contributed by atoms with Gasteiger partial charge in [0.15, 0.2) is 0 Å². The first-order chi connectivity index (χ1) is 17.6. The second-order valence-electron chi connectivity index (χ2n) is 9.33. The Balaban J connectivity index is 1.45. The normalized spacial score (nSPS) is 13.5. The molecule has 0 saturated carbocycles. The number of furan rings is 1. The highest BCUT2D eigenvalue weighted by molar-refractivity contribution is 5.92. The van der Waals surface area contributed by atoms with Crippen LogP contribution >= 0.6 is 0 Å². The zero-order chi connectivity index (χ0) is 25.2. The van der Waals surface area contributed by atoms with E-state index in [1.54, 1.807) is 9.80 Å². The number of carbonyl (C=O) groups is 2. The number of hydrogen-bond donors (Lipinski definition) is 1. The molecule has 1 aliphatic rings. The van der Waals surface area contributed by atoms with E-state index in [0.29, 0.717) is 25.3 Å². The molecular formula is C29H36N4O3. The lowest BCUT2D eigenvalue weighted by Crippen LogP contribution is -2.47. The van der Waals surface area contributed by atoms with E-state index in [0.717, 1.165) is 37.6 Å². The van der Waals surface area contributed by atoms with Gasteiger partial charge in [0.05, 0.1) is 6.54 Å². The molecule has 3 amide bonds. The molecule has 1 aliphatic heterocycles. The molecule has 2 aromatic carbocycles. The summed E-state index contributed by atoms with van der Waals surface area (Å²) in [6, 6.07) is 23.1. The number of nitrogens with one attached hydrogen (secondary N) is 1. The molecule has 0 radical (unpaired) electrons. The summed E-state index contributed by atoms with van der Waals surface area (Å²) < 4.78 is 5.77. The number of benzene rings is 2. The number of urea groups is 1. The van der Waals surface area contributed by atoms with E-state index in [2.05, 4.69) is 22.3 Å². The standard InChI is InChI=1S/C29H36N4O3/c1-24-14-15-27(36-24)22-32(19-16-25-10-4-2-5-11-25)28(34)23-33(21-20-31-17-8-9-18-31)29(35)30-26-12-6-3-7-13-26/h2-7,10-15H,8-9,16-23H2,1H3,(H,30,35). The molecular weight excluding hydrogens is 452 g/mol. The van der Waals surface area contributed by atoms with Crippen molar-refractivity contribution >= 4 is 17.6 Å². The molecule has 0 atom stereocenters. The third kappa shape index (κ3) is 7.71. The SMILES string of the molecule is Cc1ccc(CN(CCc2ccccc2)C(=O)CN(CCN2CCCC2)C(=O)Nc2ccccc2)o1. The molecule has 3 aromatic rings. The van der Waals surface area contributed by atoms with E-state index < -0.39 is 0 Å². The second kappa shape index (κ2) is 12.9. The molecule has 4 rings (SSSR count). The van der Waals surface area contributed by atoms with E-state index in [-0.39, 0.29) is 18.5 Å². The van der Waals surface area contributed by atoms with Gasteiger partial charge in [0.25, 0.3) is 0 Å². The second-order valence-corrected chi connectivity index (χ2v) is 9.33. The first kappa shape index (κ1) is 25.5. The monoisotopic (exact) mass is 488 g/mol. The van der Waals surface area contributed by atoms with Gasteiger partial charge in [0, 0.05) is 25.3 Å². The maximum absolute atomic E-state index is 13.6. The number of aryl methyl sites for hydroxylation is 1. The summed E-state index contributed by atoms with van der Waals surface area (Å²) in [4.78, 5) is 32.6. The highest BCUT2D eigenvalue weighted by Crippen LogP contribution is 2.13. The Bertz CT molecular complexity index is 1090. The van der Waals surface area contributed by atoms with Crippen molar-refractivity contribution in [2.45, 2.75) is 32.7 Å². The molecule has 7 heteroatoms. The zero-order valence-electron chi connectivity index (χ0n) is 21.1. The molecule has 0 unspecified atom stereocenters. The maximum Gasteiger partial charge on any atom is 0.322 e. The van der Waals surface area contributed by atoms with Gasteiger partial charge >= 0.3 is 6.03 Å². The molecule has 7 nitrogen and oxygen atoms in total. The van der Waals surface area contributed by atoms with Crippen LogP contribution < -0.4 is 5.32 Å². The predicted molar refractivity (Wildman–Crippen MR) is 142 cm³/mol. The highest BCUT2D eigenvalue weighted by atomic mass is 16.3. The summed E-state index contributed by atoms with van der Waals surface area (Å²) in [5, 5.41) is 2.95. The van der Waals surface area contributed by atoms with Crippen LogP contribution in [-0.4, -0.2) is 65.9 Å². The summed E-state index contributed by atoms with van der Waals surface area (Å²) >= 11 is 0. The van der Waals surface area contributed by atoms with Gasteiger partial charge < -0.3 is 24.4 Å². The van der Waals surface area contributed by atoms with Crippen LogP contribution in [0.25, 0.3) is 0 Å². The van der Waals surface area contributed by atoms with Crippen molar-refractivity contribution < 1.29 is 14.0 Å². The smallest absolute Gasteiger partial charge is 0.322 e. The third-order valence-corrected chi connectivity index (χ3v) is 6.53. The van der Waals surface area contributed by atoms with Crippen molar-refractivity contribution in [1.82, 2.24) is 14.7 Å². The lowest BCUT2D eigenvalue weighted by atomic mass is 10.1. The average molecular weight is 489 g/mol. The van der Waals surface area contributed by atoms with Gasteiger partial charge in [-0.15, -0.1) is 0 Å². The quantitative estimate of drug-likeness (QED) is 0.421. The Morgan fingerprint density at radius 1 is 0.889 bits per heavy atom. The number of nitrogens with zero attached hydrogens (tertiary/aromatic N) is 3. The van der Waals surface area contributed by atoms with E-state index in [1.165, 1.54) is 18.4 Å². The highest BCUT2D eigenvalue weighted by Gasteiger charge is 2.24. The van der Waals surface area contributed by atoms with E-state index in [9.17, 15) is 9.59 Å². The Labute approximate surface area is 213 Å². The lowest BCUT2D eigenvalue weighted by molar-refractivity contribution is -0.132. The molecule has 190 valence electrons. The number of rotatable bonds is 11. The van der Waals surface area contributed by atoms with Crippen molar-refractivity contribution in [2.24, 2.45) is 0 Å². The summed E-state index contributed by atoms with van der Waals surface area (Å²) in [5.41, 5.74) is 1.88. The van der Waals surface area contributed by atoms with Crippen molar-refractivity contribution in [2.75, 3.05) is 44.6 Å². The maximum atomic E-state index is 13.6. The molecule has 2 heterocycles. The van der Waals surface area contributed by atoms with Crippen molar-refractivity contribution in [3.05, 3.63) is 89.9 Å². The van der Waals surface area contributed by atoms with Gasteiger partial charge in [0.2, 0.25) is 5.91 Å². The van der Waals surface area contributed by atoms with Crippen molar-refractivity contribution in [3.63, 3.8) is 0 Å². The first-order valence-corrected chi connectivity index (χ1v) is 12.8. The van der Waals surface area contributed by atoms with Crippen LogP contribution in [0.1, 0.15) is 29.9 Å². The van der Waals surface area contributed by atoms with Crippen LogP contribution in [0, 0.1) is 6.92 Å². The number of carbonyl (C=O) groups excluding carboxylic acids is 2. The van der Waals surface area contributed by atoms with E-state index in [1.807, 2.05) is 67.6 Å². The van der Waals surface area contributed by atoms with Gasteiger partial charge in [-0.3, -0.25) is 4.79 Å². The van der Waals surface area contributed by atoms with Gasteiger partial charge in [-0.1, -0.05) is 48.5 Å². The Morgan fingerprint density at radius 2 is 1.58 bits per heavy atom. The van der Waals surface area contributed by atoms with Crippen LogP contribution in [0.3, 0.4) is 0 Å². The van der Waals surface area contributed by atoms with Gasteiger partial charge in [0.1, 0.15) is 18.1 Å². The fraction of sp³-hybridized carbons (Fsp3) is 0.379. The minimum atomic E-state index is -0.259. The first-order valence-electron chi connectivity index (χ1n) is 12.8. The third-order valence-electron chi connectivity index (χ3n) is 6.53. The van der Waals surface area contributed by atoms with Gasteiger partial charge in [-0.05, 0) is 69.1 Å². The van der Waals surface area contributed by atoms with Crippen LogP contribution in [0.15, 0.2) is 77.2 Å². The van der Waals surface area contributed by atoms with Crippen LogP contribution in [0.4, 0.5) is 10.5 Å².